The number of carbonyl (C=O) groups is 1. The Balaban J connectivity index is 2.35. The highest BCUT2D eigenvalue weighted by Crippen LogP contribution is 2.39. The molecule has 96 valence electrons. The highest BCUT2D eigenvalue weighted by Gasteiger charge is 2.28. The van der Waals surface area contributed by atoms with Gasteiger partial charge in [-0.2, -0.15) is 0 Å². The quantitative estimate of drug-likeness (QED) is 0.651. The van der Waals surface area contributed by atoms with E-state index in [2.05, 4.69) is 15.3 Å². The first-order chi connectivity index (χ1) is 9.08. The zero-order valence-corrected chi connectivity index (χ0v) is 9.98. The molecule has 0 spiro atoms. The van der Waals surface area contributed by atoms with Crippen molar-refractivity contribution in [2.45, 2.75) is 6.92 Å². The van der Waals surface area contributed by atoms with Crippen LogP contribution in [0.25, 0.3) is 0 Å². The van der Waals surface area contributed by atoms with Crippen molar-refractivity contribution < 1.29 is 4.79 Å². The third kappa shape index (κ3) is 1.63. The molecule has 19 heavy (non-hydrogen) atoms. The molecule has 0 fully saturated rings. The summed E-state index contributed by atoms with van der Waals surface area (Å²) < 4.78 is 0. The van der Waals surface area contributed by atoms with Crippen LogP contribution in [0.2, 0.25) is 0 Å². The summed E-state index contributed by atoms with van der Waals surface area (Å²) in [6, 6.07) is 7.03. The molecule has 2 aromatic rings. The van der Waals surface area contributed by atoms with Gasteiger partial charge in [-0.1, -0.05) is 12.1 Å². The van der Waals surface area contributed by atoms with Crippen LogP contribution in [0.1, 0.15) is 6.92 Å². The maximum absolute atomic E-state index is 11.9. The smallest absolute Gasteiger partial charge is 0.327 e. The van der Waals surface area contributed by atoms with Crippen molar-refractivity contribution in [3.63, 3.8) is 0 Å². The topological polar surface area (TPSA) is 98.1 Å². The molecule has 0 radical (unpaired) electrons. The maximum Gasteiger partial charge on any atom is 0.327 e. The van der Waals surface area contributed by atoms with Crippen molar-refractivity contribution in [1.82, 2.24) is 9.97 Å². The monoisotopic (exact) mass is 258 g/mol. The van der Waals surface area contributed by atoms with Crippen molar-refractivity contribution in [3.05, 3.63) is 45.1 Å². The average Bonchev–Trinajstić information content (AvgIpc) is 2.35. The zero-order valence-electron chi connectivity index (χ0n) is 9.98. The molecule has 0 unspecified atom stereocenters. The van der Waals surface area contributed by atoms with Crippen LogP contribution >= 0.6 is 0 Å². The lowest BCUT2D eigenvalue weighted by Gasteiger charge is -2.29. The fourth-order valence-corrected chi connectivity index (χ4v) is 2.14. The second kappa shape index (κ2) is 3.84. The van der Waals surface area contributed by atoms with Crippen molar-refractivity contribution in [2.75, 3.05) is 10.2 Å². The summed E-state index contributed by atoms with van der Waals surface area (Å²) in [5.41, 5.74) is 0.0624. The lowest BCUT2D eigenvalue weighted by Crippen LogP contribution is -2.36. The molecular formula is C12H10N4O3. The van der Waals surface area contributed by atoms with E-state index in [1.807, 2.05) is 0 Å². The number of benzene rings is 1. The van der Waals surface area contributed by atoms with Gasteiger partial charge in [-0.05, 0) is 12.1 Å². The van der Waals surface area contributed by atoms with Crippen LogP contribution in [-0.2, 0) is 4.79 Å². The van der Waals surface area contributed by atoms with Crippen LogP contribution in [0.15, 0.2) is 33.9 Å². The average molecular weight is 258 g/mol. The standard InChI is InChI=1S/C12H10N4O3/c1-6(17)16-8-5-3-2-4-7(8)13-10-9(16)11(18)15-12(19)14-10/h2-5H,1H3,(H3,13,14,15,18,19). The molecule has 0 aliphatic carbocycles. The molecule has 3 N–H and O–H groups in total. The highest BCUT2D eigenvalue weighted by atomic mass is 16.2. The number of para-hydroxylation sites is 2. The Bertz CT molecular complexity index is 790. The summed E-state index contributed by atoms with van der Waals surface area (Å²) in [7, 11) is 0. The zero-order chi connectivity index (χ0) is 13.6. The molecule has 1 amide bonds. The maximum atomic E-state index is 11.9. The number of nitrogens with one attached hydrogen (secondary N) is 3. The third-order valence-electron chi connectivity index (χ3n) is 2.86. The predicted octanol–water partition coefficient (Wildman–Crippen LogP) is 0.805. The molecule has 7 heteroatoms. The van der Waals surface area contributed by atoms with Crippen LogP contribution in [0.3, 0.4) is 0 Å². The van der Waals surface area contributed by atoms with Crippen molar-refractivity contribution >= 4 is 28.8 Å². The molecular weight excluding hydrogens is 248 g/mol. The molecule has 2 heterocycles. The molecule has 0 bridgehead atoms. The Morgan fingerprint density at radius 1 is 1.16 bits per heavy atom. The SMILES string of the molecule is CC(=O)N1c2ccccc2Nc2[nH]c(=O)[nH]c(=O)c21. The first kappa shape index (κ1) is 11.3. The normalized spacial score (nSPS) is 12.4. The molecule has 1 aromatic heterocycles. The Kier molecular flexibility index (Phi) is 2.28. The number of rotatable bonds is 0. The molecule has 0 atom stereocenters. The minimum Gasteiger partial charge on any atom is -0.338 e. The van der Waals surface area contributed by atoms with E-state index in [4.69, 9.17) is 0 Å². The fourth-order valence-electron chi connectivity index (χ4n) is 2.14. The largest absolute Gasteiger partial charge is 0.338 e. The van der Waals surface area contributed by atoms with E-state index in [1.54, 1.807) is 24.3 Å². The van der Waals surface area contributed by atoms with Gasteiger partial charge in [0.2, 0.25) is 5.91 Å². The lowest BCUT2D eigenvalue weighted by molar-refractivity contribution is -0.115. The molecule has 1 aliphatic rings. The van der Waals surface area contributed by atoms with Crippen molar-refractivity contribution in [3.8, 4) is 0 Å². The van der Waals surface area contributed by atoms with E-state index in [-0.39, 0.29) is 17.4 Å². The van der Waals surface area contributed by atoms with Gasteiger partial charge in [-0.3, -0.25) is 24.5 Å². The number of aromatic amines is 2. The lowest BCUT2D eigenvalue weighted by atomic mass is 10.1. The summed E-state index contributed by atoms with van der Waals surface area (Å²) in [5.74, 6) is -0.101. The Morgan fingerprint density at radius 2 is 1.89 bits per heavy atom. The van der Waals surface area contributed by atoms with Crippen molar-refractivity contribution in [1.29, 1.82) is 0 Å². The number of amides is 1. The summed E-state index contributed by atoms with van der Waals surface area (Å²) in [6.07, 6.45) is 0. The van der Waals surface area contributed by atoms with E-state index >= 15 is 0 Å². The third-order valence-corrected chi connectivity index (χ3v) is 2.86. The summed E-state index contributed by atoms with van der Waals surface area (Å²) in [6.45, 7) is 1.36. The predicted molar refractivity (Wildman–Crippen MR) is 70.2 cm³/mol. The van der Waals surface area contributed by atoms with Crippen LogP contribution in [0.4, 0.5) is 22.9 Å². The molecule has 1 aliphatic heterocycles. The Morgan fingerprint density at radius 3 is 2.63 bits per heavy atom. The van der Waals surface area contributed by atoms with Gasteiger partial charge in [-0.25, -0.2) is 4.79 Å². The second-order valence-corrected chi connectivity index (χ2v) is 4.13. The van der Waals surface area contributed by atoms with Crippen LogP contribution in [0.5, 0.6) is 0 Å². The van der Waals surface area contributed by atoms with Gasteiger partial charge in [0.15, 0.2) is 5.69 Å². The molecule has 3 rings (SSSR count). The summed E-state index contributed by atoms with van der Waals surface area (Å²) in [5, 5.41) is 2.94. The fraction of sp³-hybridized carbons (Fsp3) is 0.0833. The minimum atomic E-state index is -0.626. The van der Waals surface area contributed by atoms with Gasteiger partial charge in [0.25, 0.3) is 5.56 Å². The van der Waals surface area contributed by atoms with Crippen LogP contribution < -0.4 is 21.5 Å². The number of nitrogens with zero attached hydrogens (tertiary/aromatic N) is 1. The number of anilines is 4. The number of hydrogen-bond acceptors (Lipinski definition) is 4. The Labute approximate surface area is 106 Å². The van der Waals surface area contributed by atoms with Gasteiger partial charge in [0, 0.05) is 6.92 Å². The van der Waals surface area contributed by atoms with Crippen LogP contribution in [0, 0.1) is 0 Å². The molecule has 0 saturated carbocycles. The Hall–Kier alpha value is -2.83. The number of fused-ring (bicyclic) bond motifs is 2. The van der Waals surface area contributed by atoms with E-state index in [0.29, 0.717) is 11.4 Å². The van der Waals surface area contributed by atoms with Gasteiger partial charge < -0.3 is 5.32 Å². The van der Waals surface area contributed by atoms with E-state index in [0.717, 1.165) is 0 Å². The summed E-state index contributed by atoms with van der Waals surface area (Å²) in [4.78, 5) is 40.9. The van der Waals surface area contributed by atoms with Gasteiger partial charge in [0.05, 0.1) is 11.4 Å². The van der Waals surface area contributed by atoms with Crippen LogP contribution in [-0.4, -0.2) is 15.9 Å². The van der Waals surface area contributed by atoms with Gasteiger partial charge in [0.1, 0.15) is 5.82 Å². The van der Waals surface area contributed by atoms with Crippen molar-refractivity contribution in [2.24, 2.45) is 0 Å². The number of aromatic nitrogens is 2. The summed E-state index contributed by atoms with van der Waals surface area (Å²) >= 11 is 0. The van der Waals surface area contributed by atoms with Gasteiger partial charge in [-0.15, -0.1) is 0 Å². The van der Waals surface area contributed by atoms with Gasteiger partial charge >= 0.3 is 5.69 Å². The first-order valence-electron chi connectivity index (χ1n) is 5.61. The first-order valence-corrected chi connectivity index (χ1v) is 5.61. The van der Waals surface area contributed by atoms with E-state index in [1.165, 1.54) is 11.8 Å². The number of carbonyl (C=O) groups excluding carboxylic acids is 1. The second-order valence-electron chi connectivity index (χ2n) is 4.13. The minimum absolute atomic E-state index is 0.0887. The van der Waals surface area contributed by atoms with E-state index in [9.17, 15) is 14.4 Å². The number of hydrogen-bond donors (Lipinski definition) is 3. The highest BCUT2D eigenvalue weighted by molar-refractivity contribution is 6.07. The molecule has 0 saturated heterocycles. The molecule has 7 nitrogen and oxygen atoms in total. The van der Waals surface area contributed by atoms with E-state index < -0.39 is 11.2 Å². The molecule has 1 aromatic carbocycles. The number of H-pyrrole nitrogens is 2.